The Morgan fingerprint density at radius 2 is 2.00 bits per heavy atom. The molecule has 1 aliphatic heterocycles. The number of nitrogens with one attached hydrogen (secondary N) is 3. The van der Waals surface area contributed by atoms with Gasteiger partial charge in [0.15, 0.2) is 0 Å². The van der Waals surface area contributed by atoms with Crippen molar-refractivity contribution in [2.24, 2.45) is 0 Å². The summed E-state index contributed by atoms with van der Waals surface area (Å²) in [5.74, 6) is 3.22. The standard InChI is InChI=1S/C18H22N4OS2/c23-18(21-10-9-20-16-7-1-2-8-19-16)22-15-6-3-5-14(13-15)17-24-11-4-12-25-17/h1-3,5-8,13,17H,4,9-12H2,(H,19,20)(H2,21,22,23). The lowest BCUT2D eigenvalue weighted by molar-refractivity contribution is 0.252. The van der Waals surface area contributed by atoms with Crippen molar-refractivity contribution in [1.82, 2.24) is 10.3 Å². The summed E-state index contributed by atoms with van der Waals surface area (Å²) in [5.41, 5.74) is 2.10. The monoisotopic (exact) mass is 374 g/mol. The molecule has 0 radical (unpaired) electrons. The average Bonchev–Trinajstić information content (AvgIpc) is 2.67. The predicted octanol–water partition coefficient (Wildman–Crippen LogP) is 4.18. The van der Waals surface area contributed by atoms with Crippen molar-refractivity contribution < 1.29 is 4.79 Å². The molecule has 1 aromatic carbocycles. The van der Waals surface area contributed by atoms with Gasteiger partial charge in [-0.15, -0.1) is 23.5 Å². The van der Waals surface area contributed by atoms with Crippen LogP contribution in [0.25, 0.3) is 0 Å². The van der Waals surface area contributed by atoms with Crippen LogP contribution in [0.2, 0.25) is 0 Å². The number of anilines is 2. The molecule has 2 heterocycles. The van der Waals surface area contributed by atoms with Crippen molar-refractivity contribution in [1.29, 1.82) is 0 Å². The predicted molar refractivity (Wildman–Crippen MR) is 108 cm³/mol. The number of urea groups is 1. The number of carbonyl (C=O) groups is 1. The second-order valence-electron chi connectivity index (χ2n) is 5.58. The molecule has 0 unspecified atom stereocenters. The van der Waals surface area contributed by atoms with Crippen LogP contribution in [0.4, 0.5) is 16.3 Å². The summed E-state index contributed by atoms with van der Waals surface area (Å²) >= 11 is 3.96. The number of rotatable bonds is 6. The van der Waals surface area contributed by atoms with E-state index in [0.29, 0.717) is 17.7 Å². The van der Waals surface area contributed by atoms with Crippen LogP contribution < -0.4 is 16.0 Å². The minimum Gasteiger partial charge on any atom is -0.368 e. The highest BCUT2D eigenvalue weighted by Gasteiger charge is 2.16. The van der Waals surface area contributed by atoms with Crippen LogP contribution in [0.3, 0.4) is 0 Å². The SMILES string of the molecule is O=C(NCCNc1ccccn1)Nc1cccc(C2SCCCS2)c1. The fourth-order valence-electron chi connectivity index (χ4n) is 2.45. The Hall–Kier alpha value is -1.86. The summed E-state index contributed by atoms with van der Waals surface area (Å²) in [7, 11) is 0. The lowest BCUT2D eigenvalue weighted by atomic mass is 10.2. The van der Waals surface area contributed by atoms with Gasteiger partial charge in [0.05, 0.1) is 4.58 Å². The highest BCUT2D eigenvalue weighted by Crippen LogP contribution is 2.43. The molecule has 0 spiro atoms. The Kier molecular flexibility index (Phi) is 6.88. The van der Waals surface area contributed by atoms with Gasteiger partial charge in [0.25, 0.3) is 0 Å². The number of thioether (sulfide) groups is 2. The molecule has 3 N–H and O–H groups in total. The highest BCUT2D eigenvalue weighted by molar-refractivity contribution is 8.16. The quantitative estimate of drug-likeness (QED) is 0.662. The second kappa shape index (κ2) is 9.58. The van der Waals surface area contributed by atoms with Crippen LogP contribution in [-0.4, -0.2) is 35.6 Å². The van der Waals surface area contributed by atoms with Crippen LogP contribution in [-0.2, 0) is 0 Å². The van der Waals surface area contributed by atoms with Gasteiger partial charge < -0.3 is 16.0 Å². The number of benzene rings is 1. The molecule has 132 valence electrons. The first-order valence-corrected chi connectivity index (χ1v) is 10.4. The molecule has 0 aliphatic carbocycles. The zero-order chi connectivity index (χ0) is 17.3. The molecule has 3 rings (SSSR count). The third-order valence-electron chi connectivity index (χ3n) is 3.63. The number of carbonyl (C=O) groups excluding carboxylic acids is 1. The van der Waals surface area contributed by atoms with E-state index >= 15 is 0 Å². The van der Waals surface area contributed by atoms with Gasteiger partial charge in [0, 0.05) is 25.0 Å². The first-order valence-electron chi connectivity index (χ1n) is 8.34. The fourth-order valence-corrected chi connectivity index (χ4v) is 5.33. The maximum absolute atomic E-state index is 12.0. The molecule has 1 aromatic heterocycles. The summed E-state index contributed by atoms with van der Waals surface area (Å²) in [6, 6.07) is 13.6. The molecule has 0 atom stereocenters. The number of nitrogens with zero attached hydrogens (tertiary/aromatic N) is 1. The van der Waals surface area contributed by atoms with Crippen molar-refractivity contribution in [3.05, 3.63) is 54.2 Å². The first-order chi connectivity index (χ1) is 12.3. The average molecular weight is 375 g/mol. The molecule has 7 heteroatoms. The third kappa shape index (κ3) is 5.86. The van der Waals surface area contributed by atoms with Crippen LogP contribution in [0, 0.1) is 0 Å². The van der Waals surface area contributed by atoms with E-state index in [1.807, 2.05) is 53.9 Å². The van der Waals surface area contributed by atoms with Crippen molar-refractivity contribution in [2.45, 2.75) is 11.0 Å². The summed E-state index contributed by atoms with van der Waals surface area (Å²) in [4.78, 5) is 16.2. The lowest BCUT2D eigenvalue weighted by Crippen LogP contribution is -2.32. The van der Waals surface area contributed by atoms with E-state index in [4.69, 9.17) is 0 Å². The van der Waals surface area contributed by atoms with E-state index in [1.54, 1.807) is 6.20 Å². The summed E-state index contributed by atoms with van der Waals surface area (Å²) < 4.78 is 0.473. The van der Waals surface area contributed by atoms with E-state index in [0.717, 1.165) is 11.5 Å². The minimum atomic E-state index is -0.191. The molecule has 2 amide bonds. The van der Waals surface area contributed by atoms with E-state index in [2.05, 4.69) is 33.1 Å². The molecular formula is C18H22N4OS2. The highest BCUT2D eigenvalue weighted by atomic mass is 32.2. The van der Waals surface area contributed by atoms with Crippen LogP contribution in [0.15, 0.2) is 48.7 Å². The zero-order valence-corrected chi connectivity index (χ0v) is 15.5. The molecule has 2 aromatic rings. The number of hydrogen-bond acceptors (Lipinski definition) is 5. The summed E-state index contributed by atoms with van der Waals surface area (Å²) in [5, 5.41) is 8.91. The maximum atomic E-state index is 12.0. The van der Waals surface area contributed by atoms with Gasteiger partial charge in [-0.2, -0.15) is 0 Å². The molecule has 0 saturated carbocycles. The Labute approximate surface area is 156 Å². The lowest BCUT2D eigenvalue weighted by Gasteiger charge is -2.21. The largest absolute Gasteiger partial charge is 0.368 e. The van der Waals surface area contributed by atoms with Crippen molar-refractivity contribution in [2.75, 3.05) is 35.2 Å². The van der Waals surface area contributed by atoms with Gasteiger partial charge in [0.2, 0.25) is 0 Å². The number of hydrogen-bond donors (Lipinski definition) is 3. The molecule has 1 aliphatic rings. The molecular weight excluding hydrogens is 352 g/mol. The van der Waals surface area contributed by atoms with Gasteiger partial charge in [-0.05, 0) is 47.8 Å². The van der Waals surface area contributed by atoms with Crippen molar-refractivity contribution >= 4 is 41.1 Å². The van der Waals surface area contributed by atoms with E-state index in [-0.39, 0.29) is 6.03 Å². The first kappa shape index (κ1) is 17.9. The Balaban J connectivity index is 1.43. The van der Waals surface area contributed by atoms with E-state index < -0.39 is 0 Å². The molecule has 1 fully saturated rings. The van der Waals surface area contributed by atoms with Crippen molar-refractivity contribution in [3.8, 4) is 0 Å². The zero-order valence-electron chi connectivity index (χ0n) is 13.9. The van der Waals surface area contributed by atoms with Gasteiger partial charge in [-0.1, -0.05) is 18.2 Å². The van der Waals surface area contributed by atoms with E-state index in [1.165, 1.54) is 23.5 Å². The second-order valence-corrected chi connectivity index (χ2v) is 8.30. The summed E-state index contributed by atoms with van der Waals surface area (Å²) in [6.45, 7) is 1.15. The van der Waals surface area contributed by atoms with Crippen LogP contribution in [0.5, 0.6) is 0 Å². The number of pyridine rings is 1. The number of amides is 2. The normalized spacial score (nSPS) is 14.7. The Bertz CT molecular complexity index is 678. The van der Waals surface area contributed by atoms with Crippen LogP contribution >= 0.6 is 23.5 Å². The van der Waals surface area contributed by atoms with Gasteiger partial charge in [-0.3, -0.25) is 0 Å². The van der Waals surface area contributed by atoms with Gasteiger partial charge in [-0.25, -0.2) is 9.78 Å². The molecule has 1 saturated heterocycles. The minimum absolute atomic E-state index is 0.191. The molecule has 5 nitrogen and oxygen atoms in total. The topological polar surface area (TPSA) is 66.0 Å². The molecule has 25 heavy (non-hydrogen) atoms. The summed E-state index contributed by atoms with van der Waals surface area (Å²) in [6.07, 6.45) is 3.01. The maximum Gasteiger partial charge on any atom is 0.319 e. The Morgan fingerprint density at radius 1 is 1.12 bits per heavy atom. The number of aromatic nitrogens is 1. The van der Waals surface area contributed by atoms with E-state index in [9.17, 15) is 4.79 Å². The van der Waals surface area contributed by atoms with Crippen molar-refractivity contribution in [3.63, 3.8) is 0 Å². The van der Waals surface area contributed by atoms with Gasteiger partial charge >= 0.3 is 6.03 Å². The molecule has 0 bridgehead atoms. The smallest absolute Gasteiger partial charge is 0.319 e. The van der Waals surface area contributed by atoms with Gasteiger partial charge in [0.1, 0.15) is 5.82 Å². The Morgan fingerprint density at radius 3 is 2.80 bits per heavy atom. The third-order valence-corrected chi connectivity index (χ3v) is 6.64. The van der Waals surface area contributed by atoms with Crippen LogP contribution in [0.1, 0.15) is 16.6 Å². The fraction of sp³-hybridized carbons (Fsp3) is 0.333.